The molecule has 5 nitrogen and oxygen atoms in total. The lowest BCUT2D eigenvalue weighted by Crippen LogP contribution is -2.14. The first-order chi connectivity index (χ1) is 13.0. The highest BCUT2D eigenvalue weighted by molar-refractivity contribution is 7.15. The Labute approximate surface area is 160 Å². The van der Waals surface area contributed by atoms with E-state index in [0.717, 1.165) is 16.0 Å². The highest BCUT2D eigenvalue weighted by Crippen LogP contribution is 2.21. The minimum Gasteiger partial charge on any atom is -0.326 e. The van der Waals surface area contributed by atoms with Crippen LogP contribution >= 0.6 is 11.3 Å². The van der Waals surface area contributed by atoms with Crippen LogP contribution in [-0.4, -0.2) is 16.8 Å². The predicted molar refractivity (Wildman–Crippen MR) is 104 cm³/mol. The average molecular weight is 383 g/mol. The third kappa shape index (κ3) is 5.72. The highest BCUT2D eigenvalue weighted by Gasteiger charge is 2.09. The number of thiazole rings is 1. The van der Waals surface area contributed by atoms with Crippen molar-refractivity contribution in [2.45, 2.75) is 19.8 Å². The van der Waals surface area contributed by atoms with Gasteiger partial charge < -0.3 is 10.6 Å². The van der Waals surface area contributed by atoms with Crippen LogP contribution in [0.15, 0.2) is 54.7 Å². The third-order valence-corrected chi connectivity index (χ3v) is 4.64. The number of carbonyl (C=O) groups is 2. The number of carbonyl (C=O) groups excluding carboxylic acids is 2. The molecule has 0 spiro atoms. The van der Waals surface area contributed by atoms with E-state index in [4.69, 9.17) is 0 Å². The molecule has 0 atom stereocenters. The van der Waals surface area contributed by atoms with Gasteiger partial charge in [0.05, 0.1) is 6.42 Å². The molecule has 2 N–H and O–H groups in total. The molecule has 0 saturated carbocycles. The topological polar surface area (TPSA) is 71.1 Å². The summed E-state index contributed by atoms with van der Waals surface area (Å²) in [4.78, 5) is 28.4. The second-order valence-electron chi connectivity index (χ2n) is 6.04. The number of halogens is 1. The quantitative estimate of drug-likeness (QED) is 0.676. The standard InChI is InChI=1S/C20H18FN3O2S/c1-13(25)23-17-8-4-15(5-9-17)11-19(26)24-20-22-12-18(27-20)10-14-2-6-16(21)7-3-14/h2-9,12H,10-11H2,1H3,(H,23,25)(H,22,24,26). The molecule has 0 unspecified atom stereocenters. The van der Waals surface area contributed by atoms with Crippen molar-refractivity contribution in [3.05, 3.63) is 76.5 Å². The Morgan fingerprint density at radius 3 is 2.33 bits per heavy atom. The lowest BCUT2D eigenvalue weighted by Gasteiger charge is -2.05. The minimum atomic E-state index is -0.263. The Kier molecular flexibility index (Phi) is 5.93. The summed E-state index contributed by atoms with van der Waals surface area (Å²) in [5.41, 5.74) is 2.51. The van der Waals surface area contributed by atoms with Crippen LogP contribution in [0, 0.1) is 5.82 Å². The third-order valence-electron chi connectivity index (χ3n) is 3.73. The average Bonchev–Trinajstić information content (AvgIpc) is 3.05. The smallest absolute Gasteiger partial charge is 0.230 e. The van der Waals surface area contributed by atoms with E-state index in [1.54, 1.807) is 42.6 Å². The number of nitrogens with one attached hydrogen (secondary N) is 2. The molecule has 7 heteroatoms. The summed E-state index contributed by atoms with van der Waals surface area (Å²) in [5.74, 6) is -0.563. The Hall–Kier alpha value is -3.06. The Bertz CT molecular complexity index is 937. The lowest BCUT2D eigenvalue weighted by atomic mass is 10.1. The first-order valence-corrected chi connectivity index (χ1v) is 9.15. The van der Waals surface area contributed by atoms with Gasteiger partial charge in [0, 0.05) is 30.1 Å². The summed E-state index contributed by atoms with van der Waals surface area (Å²) >= 11 is 1.40. The minimum absolute atomic E-state index is 0.138. The number of anilines is 2. The molecule has 0 aliphatic heterocycles. The van der Waals surface area contributed by atoms with Gasteiger partial charge in [0.25, 0.3) is 0 Å². The first kappa shape index (κ1) is 18.7. The van der Waals surface area contributed by atoms with Crippen molar-refractivity contribution in [1.29, 1.82) is 0 Å². The fourth-order valence-electron chi connectivity index (χ4n) is 2.51. The molecule has 0 aliphatic rings. The van der Waals surface area contributed by atoms with Crippen LogP contribution in [-0.2, 0) is 22.4 Å². The van der Waals surface area contributed by atoms with E-state index in [-0.39, 0.29) is 24.1 Å². The van der Waals surface area contributed by atoms with E-state index in [0.29, 0.717) is 17.2 Å². The molecule has 0 saturated heterocycles. The molecule has 138 valence electrons. The molecule has 2 amide bonds. The maximum atomic E-state index is 13.0. The summed E-state index contributed by atoms with van der Waals surface area (Å²) in [6.07, 6.45) is 2.57. The van der Waals surface area contributed by atoms with Crippen LogP contribution in [0.5, 0.6) is 0 Å². The van der Waals surface area contributed by atoms with Gasteiger partial charge in [-0.25, -0.2) is 9.37 Å². The van der Waals surface area contributed by atoms with Gasteiger partial charge in [-0.2, -0.15) is 0 Å². The van der Waals surface area contributed by atoms with Crippen LogP contribution in [0.3, 0.4) is 0 Å². The molecule has 0 radical (unpaired) electrons. The van der Waals surface area contributed by atoms with Crippen LogP contribution in [0.25, 0.3) is 0 Å². The van der Waals surface area contributed by atoms with E-state index in [1.807, 2.05) is 0 Å². The van der Waals surface area contributed by atoms with Gasteiger partial charge in [0.2, 0.25) is 11.8 Å². The van der Waals surface area contributed by atoms with Crippen molar-refractivity contribution in [3.8, 4) is 0 Å². The Morgan fingerprint density at radius 1 is 1.00 bits per heavy atom. The van der Waals surface area contributed by atoms with Crippen LogP contribution < -0.4 is 10.6 Å². The van der Waals surface area contributed by atoms with Gasteiger partial charge >= 0.3 is 0 Å². The van der Waals surface area contributed by atoms with Crippen molar-refractivity contribution < 1.29 is 14.0 Å². The van der Waals surface area contributed by atoms with Crippen molar-refractivity contribution >= 4 is 34.0 Å². The van der Waals surface area contributed by atoms with Crippen molar-refractivity contribution in [3.63, 3.8) is 0 Å². The van der Waals surface area contributed by atoms with E-state index < -0.39 is 0 Å². The molecular formula is C20H18FN3O2S. The molecule has 0 bridgehead atoms. The van der Waals surface area contributed by atoms with Crippen molar-refractivity contribution in [2.24, 2.45) is 0 Å². The number of benzene rings is 2. The maximum Gasteiger partial charge on any atom is 0.230 e. The fourth-order valence-corrected chi connectivity index (χ4v) is 3.37. The Morgan fingerprint density at radius 2 is 1.67 bits per heavy atom. The molecular weight excluding hydrogens is 365 g/mol. The van der Waals surface area contributed by atoms with Gasteiger partial charge in [-0.15, -0.1) is 11.3 Å². The SMILES string of the molecule is CC(=O)Nc1ccc(CC(=O)Nc2ncc(Cc3ccc(F)cc3)s2)cc1. The molecule has 27 heavy (non-hydrogen) atoms. The second-order valence-corrected chi connectivity index (χ2v) is 7.15. The summed E-state index contributed by atoms with van der Waals surface area (Å²) in [5, 5.41) is 6.01. The number of amides is 2. The zero-order valence-electron chi connectivity index (χ0n) is 14.7. The maximum absolute atomic E-state index is 13.0. The van der Waals surface area contributed by atoms with Gasteiger partial charge in [-0.1, -0.05) is 24.3 Å². The molecule has 0 fully saturated rings. The van der Waals surface area contributed by atoms with E-state index in [9.17, 15) is 14.0 Å². The molecule has 1 aromatic heterocycles. The van der Waals surface area contributed by atoms with Crippen LogP contribution in [0.1, 0.15) is 22.9 Å². The molecule has 3 aromatic rings. The number of hydrogen-bond acceptors (Lipinski definition) is 4. The van der Waals surface area contributed by atoms with E-state index >= 15 is 0 Å². The summed E-state index contributed by atoms with van der Waals surface area (Å²) in [6, 6.07) is 13.4. The van der Waals surface area contributed by atoms with Gasteiger partial charge in [0.15, 0.2) is 5.13 Å². The Balaban J connectivity index is 1.54. The van der Waals surface area contributed by atoms with Crippen molar-refractivity contribution in [2.75, 3.05) is 10.6 Å². The van der Waals surface area contributed by atoms with Gasteiger partial charge in [-0.3, -0.25) is 9.59 Å². The molecule has 3 rings (SSSR count). The van der Waals surface area contributed by atoms with Crippen LogP contribution in [0.4, 0.5) is 15.2 Å². The summed E-state index contributed by atoms with van der Waals surface area (Å²) in [7, 11) is 0. The highest BCUT2D eigenvalue weighted by atomic mass is 32.1. The zero-order chi connectivity index (χ0) is 19.2. The first-order valence-electron chi connectivity index (χ1n) is 8.33. The fraction of sp³-hybridized carbons (Fsp3) is 0.150. The van der Waals surface area contributed by atoms with E-state index in [1.165, 1.54) is 30.4 Å². The lowest BCUT2D eigenvalue weighted by molar-refractivity contribution is -0.116. The number of hydrogen-bond donors (Lipinski definition) is 2. The van der Waals surface area contributed by atoms with Crippen molar-refractivity contribution in [1.82, 2.24) is 4.98 Å². The summed E-state index contributed by atoms with van der Waals surface area (Å²) in [6.45, 7) is 1.44. The molecule has 1 heterocycles. The summed E-state index contributed by atoms with van der Waals surface area (Å²) < 4.78 is 13.0. The molecule has 0 aliphatic carbocycles. The second kappa shape index (κ2) is 8.55. The predicted octanol–water partition coefficient (Wildman–Crippen LogP) is 4.01. The molecule has 2 aromatic carbocycles. The number of rotatable bonds is 6. The van der Waals surface area contributed by atoms with E-state index in [2.05, 4.69) is 15.6 Å². The number of nitrogens with zero attached hydrogens (tertiary/aromatic N) is 1. The zero-order valence-corrected chi connectivity index (χ0v) is 15.5. The normalized spacial score (nSPS) is 10.4. The van der Waals surface area contributed by atoms with Gasteiger partial charge in [0.1, 0.15) is 5.82 Å². The largest absolute Gasteiger partial charge is 0.326 e. The number of aromatic nitrogens is 1. The van der Waals surface area contributed by atoms with Crippen LogP contribution in [0.2, 0.25) is 0 Å². The van der Waals surface area contributed by atoms with Gasteiger partial charge in [-0.05, 0) is 35.4 Å². The monoisotopic (exact) mass is 383 g/mol.